The third-order valence-corrected chi connectivity index (χ3v) is 5.15. The SMILES string of the molecule is CCC(C)Sc1nnc(-c2ccccc2F)n1Cc1ccccc1. The second-order valence-electron chi connectivity index (χ2n) is 5.69. The highest BCUT2D eigenvalue weighted by Crippen LogP contribution is 2.29. The van der Waals surface area contributed by atoms with E-state index in [0.29, 0.717) is 23.2 Å². The van der Waals surface area contributed by atoms with Crippen LogP contribution in [-0.2, 0) is 6.54 Å². The number of hydrogen-bond acceptors (Lipinski definition) is 3. The van der Waals surface area contributed by atoms with Gasteiger partial charge >= 0.3 is 0 Å². The molecule has 0 aliphatic heterocycles. The van der Waals surface area contributed by atoms with Crippen LogP contribution in [0.5, 0.6) is 0 Å². The summed E-state index contributed by atoms with van der Waals surface area (Å²) in [5.74, 6) is 0.294. The molecule has 0 radical (unpaired) electrons. The highest BCUT2D eigenvalue weighted by Gasteiger charge is 2.18. The summed E-state index contributed by atoms with van der Waals surface area (Å²) < 4.78 is 16.2. The van der Waals surface area contributed by atoms with Crippen LogP contribution in [-0.4, -0.2) is 20.0 Å². The maximum absolute atomic E-state index is 14.2. The molecule has 0 N–H and O–H groups in total. The van der Waals surface area contributed by atoms with Crippen molar-refractivity contribution in [1.29, 1.82) is 0 Å². The second-order valence-corrected chi connectivity index (χ2v) is 7.10. The first-order chi connectivity index (χ1) is 11.7. The summed E-state index contributed by atoms with van der Waals surface area (Å²) in [4.78, 5) is 0. The molecule has 0 spiro atoms. The fourth-order valence-electron chi connectivity index (χ4n) is 2.39. The normalized spacial score (nSPS) is 12.3. The Morgan fingerprint density at radius 1 is 1.04 bits per heavy atom. The lowest BCUT2D eigenvalue weighted by Gasteiger charge is -2.13. The van der Waals surface area contributed by atoms with E-state index in [-0.39, 0.29) is 5.82 Å². The second kappa shape index (κ2) is 7.62. The lowest BCUT2D eigenvalue weighted by atomic mass is 10.2. The molecular formula is C19H20FN3S. The van der Waals surface area contributed by atoms with Crippen molar-refractivity contribution in [3.8, 4) is 11.4 Å². The summed E-state index contributed by atoms with van der Waals surface area (Å²) in [6.07, 6.45) is 1.04. The van der Waals surface area contributed by atoms with Gasteiger partial charge in [-0.25, -0.2) is 4.39 Å². The molecule has 3 rings (SSSR count). The molecule has 3 aromatic rings. The minimum absolute atomic E-state index is 0.278. The molecule has 24 heavy (non-hydrogen) atoms. The van der Waals surface area contributed by atoms with Gasteiger partial charge in [0.2, 0.25) is 0 Å². The molecule has 1 heterocycles. The van der Waals surface area contributed by atoms with Gasteiger partial charge in [0.1, 0.15) is 5.82 Å². The summed E-state index contributed by atoms with van der Waals surface area (Å²) in [6.45, 7) is 4.93. The predicted octanol–water partition coefficient (Wildman–Crippen LogP) is 5.02. The molecule has 0 fully saturated rings. The maximum Gasteiger partial charge on any atom is 0.192 e. The third-order valence-electron chi connectivity index (χ3n) is 3.90. The Kier molecular flexibility index (Phi) is 5.30. The Balaban J connectivity index is 2.04. The number of halogens is 1. The van der Waals surface area contributed by atoms with Crippen molar-refractivity contribution in [3.63, 3.8) is 0 Å². The number of nitrogens with zero attached hydrogens (tertiary/aromatic N) is 3. The van der Waals surface area contributed by atoms with Gasteiger partial charge in [-0.15, -0.1) is 10.2 Å². The van der Waals surface area contributed by atoms with E-state index >= 15 is 0 Å². The highest BCUT2D eigenvalue weighted by molar-refractivity contribution is 7.99. The van der Waals surface area contributed by atoms with Crippen LogP contribution in [0.3, 0.4) is 0 Å². The van der Waals surface area contributed by atoms with Gasteiger partial charge in [-0.05, 0) is 24.1 Å². The summed E-state index contributed by atoms with van der Waals surface area (Å²) in [7, 11) is 0. The topological polar surface area (TPSA) is 30.7 Å². The lowest BCUT2D eigenvalue weighted by molar-refractivity contribution is 0.626. The number of rotatable bonds is 6. The molecule has 124 valence electrons. The average Bonchev–Trinajstić information content (AvgIpc) is 2.98. The van der Waals surface area contributed by atoms with Gasteiger partial charge in [0, 0.05) is 5.25 Å². The van der Waals surface area contributed by atoms with Crippen molar-refractivity contribution in [2.45, 2.75) is 37.2 Å². The molecular weight excluding hydrogens is 321 g/mol. The largest absolute Gasteiger partial charge is 0.297 e. The zero-order chi connectivity index (χ0) is 16.9. The molecule has 5 heteroatoms. The van der Waals surface area contributed by atoms with E-state index in [4.69, 9.17) is 0 Å². The minimum Gasteiger partial charge on any atom is -0.297 e. The number of hydrogen-bond donors (Lipinski definition) is 0. The first-order valence-electron chi connectivity index (χ1n) is 8.07. The van der Waals surface area contributed by atoms with E-state index in [2.05, 4.69) is 36.2 Å². The monoisotopic (exact) mass is 341 g/mol. The van der Waals surface area contributed by atoms with Crippen molar-refractivity contribution in [2.75, 3.05) is 0 Å². The number of aromatic nitrogens is 3. The Hall–Kier alpha value is -2.14. The Labute approximate surface area is 145 Å². The van der Waals surface area contributed by atoms with E-state index < -0.39 is 0 Å². The van der Waals surface area contributed by atoms with E-state index in [0.717, 1.165) is 17.1 Å². The molecule has 0 saturated carbocycles. The molecule has 1 aromatic heterocycles. The zero-order valence-electron chi connectivity index (χ0n) is 13.8. The van der Waals surface area contributed by atoms with Crippen LogP contribution in [0.15, 0.2) is 59.8 Å². The maximum atomic E-state index is 14.2. The van der Waals surface area contributed by atoms with E-state index in [1.807, 2.05) is 28.8 Å². The molecule has 1 atom stereocenters. The van der Waals surface area contributed by atoms with Crippen LogP contribution in [0, 0.1) is 5.82 Å². The number of thioether (sulfide) groups is 1. The average molecular weight is 341 g/mol. The zero-order valence-corrected chi connectivity index (χ0v) is 14.6. The van der Waals surface area contributed by atoms with E-state index in [1.54, 1.807) is 23.9 Å². The van der Waals surface area contributed by atoms with Gasteiger partial charge < -0.3 is 0 Å². The molecule has 3 nitrogen and oxygen atoms in total. The van der Waals surface area contributed by atoms with Crippen LogP contribution in [0.4, 0.5) is 4.39 Å². The molecule has 0 saturated heterocycles. The van der Waals surface area contributed by atoms with Gasteiger partial charge in [0.25, 0.3) is 0 Å². The Bertz CT molecular complexity index is 801. The fraction of sp³-hybridized carbons (Fsp3) is 0.263. The van der Waals surface area contributed by atoms with E-state index in [1.165, 1.54) is 6.07 Å². The minimum atomic E-state index is -0.278. The van der Waals surface area contributed by atoms with Gasteiger partial charge in [0.15, 0.2) is 11.0 Å². The van der Waals surface area contributed by atoms with Crippen molar-refractivity contribution in [1.82, 2.24) is 14.8 Å². The van der Waals surface area contributed by atoms with Crippen molar-refractivity contribution in [3.05, 3.63) is 66.0 Å². The summed E-state index contributed by atoms with van der Waals surface area (Å²) in [5.41, 5.74) is 1.62. The van der Waals surface area contributed by atoms with Crippen LogP contribution >= 0.6 is 11.8 Å². The van der Waals surface area contributed by atoms with Crippen LogP contribution < -0.4 is 0 Å². The van der Waals surface area contributed by atoms with Crippen molar-refractivity contribution >= 4 is 11.8 Å². The van der Waals surface area contributed by atoms with Gasteiger partial charge in [-0.3, -0.25) is 4.57 Å². The first kappa shape index (κ1) is 16.7. The third kappa shape index (κ3) is 3.67. The smallest absolute Gasteiger partial charge is 0.192 e. The Morgan fingerprint density at radius 2 is 1.75 bits per heavy atom. The molecule has 0 aliphatic carbocycles. The summed E-state index contributed by atoms with van der Waals surface area (Å²) in [6, 6.07) is 16.8. The highest BCUT2D eigenvalue weighted by atomic mass is 32.2. The molecule has 0 amide bonds. The lowest BCUT2D eigenvalue weighted by Crippen LogP contribution is -2.06. The van der Waals surface area contributed by atoms with Crippen LogP contribution in [0.2, 0.25) is 0 Å². The fourth-order valence-corrected chi connectivity index (χ4v) is 3.28. The molecule has 0 aliphatic rings. The molecule has 0 bridgehead atoms. The summed E-state index contributed by atoms with van der Waals surface area (Å²) in [5, 5.41) is 9.86. The van der Waals surface area contributed by atoms with Gasteiger partial charge in [0.05, 0.1) is 12.1 Å². The number of benzene rings is 2. The molecule has 1 unspecified atom stereocenters. The summed E-state index contributed by atoms with van der Waals surface area (Å²) >= 11 is 1.68. The predicted molar refractivity (Wildman–Crippen MR) is 96.6 cm³/mol. The molecule has 2 aromatic carbocycles. The van der Waals surface area contributed by atoms with Crippen molar-refractivity contribution in [2.24, 2.45) is 0 Å². The van der Waals surface area contributed by atoms with Crippen molar-refractivity contribution < 1.29 is 4.39 Å². The van der Waals surface area contributed by atoms with Gasteiger partial charge in [-0.2, -0.15) is 0 Å². The first-order valence-corrected chi connectivity index (χ1v) is 8.95. The van der Waals surface area contributed by atoms with Gasteiger partial charge in [-0.1, -0.05) is 68.1 Å². The van der Waals surface area contributed by atoms with E-state index in [9.17, 15) is 4.39 Å². The Morgan fingerprint density at radius 3 is 2.46 bits per heavy atom. The quantitative estimate of drug-likeness (QED) is 0.590. The van der Waals surface area contributed by atoms with Crippen LogP contribution in [0.1, 0.15) is 25.8 Å². The van der Waals surface area contributed by atoms with Crippen LogP contribution in [0.25, 0.3) is 11.4 Å². The standard InChI is InChI=1S/C19H20FN3S/c1-3-14(2)24-19-22-21-18(16-11-7-8-12-17(16)20)23(19)13-15-9-5-4-6-10-15/h4-12,14H,3,13H2,1-2H3.